The van der Waals surface area contributed by atoms with Crippen molar-refractivity contribution in [2.75, 3.05) is 26.2 Å². The average Bonchev–Trinajstić information content (AvgIpc) is 3.14. The number of benzene rings is 1. The van der Waals surface area contributed by atoms with Crippen molar-refractivity contribution in [1.82, 2.24) is 25.0 Å². The molecule has 0 spiro atoms. The minimum absolute atomic E-state index is 0.0179. The van der Waals surface area contributed by atoms with Gasteiger partial charge in [-0.3, -0.25) is 9.48 Å². The predicted molar refractivity (Wildman–Crippen MR) is 143 cm³/mol. The Labute approximate surface area is 222 Å². The third kappa shape index (κ3) is 6.87. The largest absolute Gasteiger partial charge is 0.471 e. The number of carbonyl (C=O) groups excluding carboxylic acids is 1. The van der Waals surface area contributed by atoms with Crippen LogP contribution in [0.15, 0.2) is 36.5 Å². The molecule has 1 aliphatic carbocycles. The second kappa shape index (κ2) is 11.4. The molecule has 7 nitrogen and oxygen atoms in total. The van der Waals surface area contributed by atoms with Gasteiger partial charge in [-0.15, -0.1) is 0 Å². The van der Waals surface area contributed by atoms with Crippen LogP contribution < -0.4 is 10.1 Å². The average molecular weight is 526 g/mol. The highest BCUT2D eigenvalue weighted by Crippen LogP contribution is 2.28. The van der Waals surface area contributed by atoms with Crippen molar-refractivity contribution in [3.63, 3.8) is 0 Å². The maximum atomic E-state index is 13.1. The summed E-state index contributed by atoms with van der Waals surface area (Å²) in [7, 11) is 1.88. The molecule has 9 heteroatoms. The number of ether oxygens (including phenoxy) is 1. The Bertz CT molecular complexity index is 1260. The molecule has 2 aliphatic rings. The topological polar surface area (TPSA) is 72.3 Å². The van der Waals surface area contributed by atoms with Crippen molar-refractivity contribution in [3.8, 4) is 5.88 Å². The SMILES string of the molecule is Cn1cc2ccc(C(=O)N[C@H]3CC[C@H](CCN4CCc5ccc(OCC(C)(F)F)nc5CC4)CC3)cc2n1. The molecule has 0 radical (unpaired) electrons. The Morgan fingerprint density at radius 2 is 1.92 bits per heavy atom. The highest BCUT2D eigenvalue weighted by molar-refractivity contribution is 5.97. The molecule has 1 amide bonds. The van der Waals surface area contributed by atoms with Gasteiger partial charge in [-0.25, -0.2) is 13.8 Å². The van der Waals surface area contributed by atoms with Crippen molar-refractivity contribution < 1.29 is 18.3 Å². The Morgan fingerprint density at radius 1 is 1.13 bits per heavy atom. The zero-order valence-corrected chi connectivity index (χ0v) is 22.3. The summed E-state index contributed by atoms with van der Waals surface area (Å²) < 4.78 is 33.2. The molecule has 1 N–H and O–H groups in total. The molecule has 0 bridgehead atoms. The van der Waals surface area contributed by atoms with Crippen LogP contribution in [0.5, 0.6) is 5.88 Å². The van der Waals surface area contributed by atoms with Crippen LogP contribution in [-0.2, 0) is 19.9 Å². The van der Waals surface area contributed by atoms with E-state index in [0.717, 1.165) is 88.1 Å². The Morgan fingerprint density at radius 3 is 2.71 bits per heavy atom. The van der Waals surface area contributed by atoms with Crippen LogP contribution in [0.2, 0.25) is 0 Å². The van der Waals surface area contributed by atoms with Crippen LogP contribution in [0.4, 0.5) is 8.78 Å². The number of nitrogens with zero attached hydrogens (tertiary/aromatic N) is 4. The van der Waals surface area contributed by atoms with E-state index in [-0.39, 0.29) is 17.8 Å². The van der Waals surface area contributed by atoms with Gasteiger partial charge in [0.05, 0.1) is 5.52 Å². The number of carbonyl (C=O) groups is 1. The van der Waals surface area contributed by atoms with Crippen LogP contribution in [0.1, 0.15) is 60.6 Å². The molecule has 38 heavy (non-hydrogen) atoms. The standard InChI is InChI=1S/C29H37F2N5O2/c1-29(30,31)19-38-27-10-7-21-12-15-36(16-13-25(21)33-27)14-11-20-3-8-24(9-4-20)32-28(37)22-5-6-23-18-35(2)34-26(23)17-22/h5-7,10,17-18,20,24H,3-4,8-9,11-16,19H2,1-2H3,(H,32,37)/t20-,24-. The fourth-order valence-corrected chi connectivity index (χ4v) is 5.62. The second-order valence-electron chi connectivity index (χ2n) is 11.0. The zero-order chi connectivity index (χ0) is 26.7. The van der Waals surface area contributed by atoms with Gasteiger partial charge in [0.2, 0.25) is 5.88 Å². The van der Waals surface area contributed by atoms with E-state index >= 15 is 0 Å². The van der Waals surface area contributed by atoms with E-state index in [1.807, 2.05) is 37.5 Å². The number of hydrogen-bond donors (Lipinski definition) is 1. The summed E-state index contributed by atoms with van der Waals surface area (Å²) in [6.45, 7) is 3.14. The number of fused-ring (bicyclic) bond motifs is 2. The summed E-state index contributed by atoms with van der Waals surface area (Å²) in [4.78, 5) is 19.8. The van der Waals surface area contributed by atoms with E-state index in [9.17, 15) is 13.6 Å². The molecule has 1 fully saturated rings. The minimum Gasteiger partial charge on any atom is -0.471 e. The van der Waals surface area contributed by atoms with Gasteiger partial charge in [0.25, 0.3) is 11.8 Å². The molecule has 1 aromatic carbocycles. The fourth-order valence-electron chi connectivity index (χ4n) is 5.62. The molecular weight excluding hydrogens is 488 g/mol. The van der Waals surface area contributed by atoms with Gasteiger partial charge < -0.3 is 15.0 Å². The van der Waals surface area contributed by atoms with E-state index in [4.69, 9.17) is 4.74 Å². The molecule has 3 heterocycles. The Balaban J connectivity index is 1.04. The molecule has 0 saturated heterocycles. The van der Waals surface area contributed by atoms with Crippen molar-refractivity contribution in [1.29, 1.82) is 0 Å². The molecule has 0 atom stereocenters. The van der Waals surface area contributed by atoms with E-state index in [0.29, 0.717) is 11.5 Å². The molecule has 3 aromatic rings. The van der Waals surface area contributed by atoms with Crippen molar-refractivity contribution in [3.05, 3.63) is 53.3 Å². The van der Waals surface area contributed by atoms with Crippen LogP contribution in [0.25, 0.3) is 10.9 Å². The number of rotatable bonds is 8. The fraction of sp³-hybridized carbons (Fsp3) is 0.552. The molecule has 1 saturated carbocycles. The van der Waals surface area contributed by atoms with Gasteiger partial charge in [-0.05, 0) is 68.7 Å². The number of alkyl halides is 2. The highest BCUT2D eigenvalue weighted by atomic mass is 19.3. The number of halogens is 2. The van der Waals surface area contributed by atoms with Crippen LogP contribution in [0, 0.1) is 5.92 Å². The summed E-state index contributed by atoms with van der Waals surface area (Å²) in [5.74, 6) is -1.94. The molecular formula is C29H37F2N5O2. The van der Waals surface area contributed by atoms with Crippen LogP contribution in [0.3, 0.4) is 0 Å². The van der Waals surface area contributed by atoms with E-state index < -0.39 is 12.5 Å². The molecule has 204 valence electrons. The monoisotopic (exact) mass is 525 g/mol. The third-order valence-electron chi connectivity index (χ3n) is 7.80. The number of pyridine rings is 1. The first kappa shape index (κ1) is 26.5. The first-order valence-electron chi connectivity index (χ1n) is 13.7. The normalized spacial score (nSPS) is 20.6. The maximum Gasteiger partial charge on any atom is 0.278 e. The number of amides is 1. The van der Waals surface area contributed by atoms with Gasteiger partial charge in [0.15, 0.2) is 6.61 Å². The first-order chi connectivity index (χ1) is 18.2. The third-order valence-corrected chi connectivity index (χ3v) is 7.80. The summed E-state index contributed by atoms with van der Waals surface area (Å²) in [6.07, 6.45) is 9.10. The van der Waals surface area contributed by atoms with Gasteiger partial charge >= 0.3 is 0 Å². The number of nitrogens with one attached hydrogen (secondary N) is 1. The summed E-state index contributed by atoms with van der Waals surface area (Å²) in [5, 5.41) is 8.67. The number of hydrogen-bond acceptors (Lipinski definition) is 5. The maximum absolute atomic E-state index is 13.1. The predicted octanol–water partition coefficient (Wildman–Crippen LogP) is 4.78. The van der Waals surface area contributed by atoms with Gasteiger partial charge in [0, 0.05) is 68.4 Å². The molecule has 1 aliphatic heterocycles. The smallest absolute Gasteiger partial charge is 0.278 e. The van der Waals surface area contributed by atoms with E-state index in [2.05, 4.69) is 20.3 Å². The second-order valence-corrected chi connectivity index (χ2v) is 11.0. The van der Waals surface area contributed by atoms with Gasteiger partial charge in [0.1, 0.15) is 0 Å². The first-order valence-corrected chi connectivity index (χ1v) is 13.7. The summed E-state index contributed by atoms with van der Waals surface area (Å²) in [5.41, 5.74) is 3.65. The Hall–Kier alpha value is -3.07. The highest BCUT2D eigenvalue weighted by Gasteiger charge is 2.25. The lowest BCUT2D eigenvalue weighted by molar-refractivity contribution is -0.0243. The number of aromatic nitrogens is 3. The molecule has 2 aromatic heterocycles. The van der Waals surface area contributed by atoms with Gasteiger partial charge in [-0.1, -0.05) is 12.1 Å². The van der Waals surface area contributed by atoms with E-state index in [1.54, 1.807) is 10.7 Å². The molecule has 0 unspecified atom stereocenters. The summed E-state index contributed by atoms with van der Waals surface area (Å²) in [6, 6.07) is 9.58. The van der Waals surface area contributed by atoms with Crippen molar-refractivity contribution in [2.24, 2.45) is 13.0 Å². The van der Waals surface area contributed by atoms with Crippen LogP contribution >= 0.6 is 0 Å². The van der Waals surface area contributed by atoms with Crippen molar-refractivity contribution >= 4 is 16.8 Å². The lowest BCUT2D eigenvalue weighted by atomic mass is 9.84. The van der Waals surface area contributed by atoms with Crippen molar-refractivity contribution in [2.45, 2.75) is 63.8 Å². The lowest BCUT2D eigenvalue weighted by Gasteiger charge is -2.30. The summed E-state index contributed by atoms with van der Waals surface area (Å²) >= 11 is 0. The quantitative estimate of drug-likeness (QED) is 0.458. The van der Waals surface area contributed by atoms with Gasteiger partial charge in [-0.2, -0.15) is 5.10 Å². The number of aryl methyl sites for hydroxylation is 1. The Kier molecular flexibility index (Phi) is 7.93. The molecule has 5 rings (SSSR count). The lowest BCUT2D eigenvalue weighted by Crippen LogP contribution is -2.38. The zero-order valence-electron chi connectivity index (χ0n) is 22.3. The minimum atomic E-state index is -2.87. The van der Waals surface area contributed by atoms with Crippen LogP contribution in [-0.4, -0.2) is 63.8 Å². The van der Waals surface area contributed by atoms with E-state index in [1.165, 1.54) is 5.56 Å².